The summed E-state index contributed by atoms with van der Waals surface area (Å²) >= 11 is 0. The van der Waals surface area contributed by atoms with Crippen LogP contribution in [0.15, 0.2) is 24.9 Å². The molecule has 19 heavy (non-hydrogen) atoms. The van der Waals surface area contributed by atoms with Gasteiger partial charge in [-0.05, 0) is 26.8 Å². The molecule has 0 aliphatic heterocycles. The van der Waals surface area contributed by atoms with Gasteiger partial charge in [-0.3, -0.25) is 4.98 Å². The van der Waals surface area contributed by atoms with Gasteiger partial charge in [0.05, 0.1) is 0 Å². The van der Waals surface area contributed by atoms with Gasteiger partial charge in [0, 0.05) is 48.3 Å². The molecule has 0 aliphatic carbocycles. The summed E-state index contributed by atoms with van der Waals surface area (Å²) in [5.41, 5.74) is 3.56. The minimum absolute atomic E-state index is 0.442. The van der Waals surface area contributed by atoms with Crippen LogP contribution in [-0.4, -0.2) is 23.6 Å². The van der Waals surface area contributed by atoms with Crippen LogP contribution in [0.3, 0.4) is 0 Å². The molecule has 0 bridgehead atoms. The highest BCUT2D eigenvalue weighted by Gasteiger charge is 2.14. The first kappa shape index (κ1) is 15.7. The summed E-state index contributed by atoms with van der Waals surface area (Å²) in [4.78, 5) is 6.79. The van der Waals surface area contributed by atoms with Gasteiger partial charge in [-0.2, -0.15) is 0 Å². The van der Waals surface area contributed by atoms with Crippen LogP contribution in [-0.2, 0) is 6.54 Å². The number of hydrogen-bond donors (Lipinski definition) is 1. The molecule has 0 unspecified atom stereocenters. The summed E-state index contributed by atoms with van der Waals surface area (Å²) in [5, 5.41) is 3.47. The van der Waals surface area contributed by atoms with Crippen molar-refractivity contribution in [2.24, 2.45) is 0 Å². The second-order valence-electron chi connectivity index (χ2n) is 5.52. The molecule has 3 nitrogen and oxygen atoms in total. The van der Waals surface area contributed by atoms with Crippen LogP contribution in [0, 0.1) is 6.92 Å². The molecule has 0 radical (unpaired) electrons. The van der Waals surface area contributed by atoms with Gasteiger partial charge in [-0.25, -0.2) is 0 Å². The van der Waals surface area contributed by atoms with E-state index in [1.54, 1.807) is 0 Å². The number of nitrogens with zero attached hydrogens (tertiary/aromatic N) is 2. The maximum absolute atomic E-state index is 4.43. The van der Waals surface area contributed by atoms with Gasteiger partial charge < -0.3 is 10.2 Å². The van der Waals surface area contributed by atoms with E-state index in [0.29, 0.717) is 12.1 Å². The van der Waals surface area contributed by atoms with Crippen molar-refractivity contribution in [1.82, 2.24) is 10.3 Å². The quantitative estimate of drug-likeness (QED) is 0.763. The largest absolute Gasteiger partial charge is 0.365 e. The maximum Gasteiger partial charge on any atom is 0.0450 e. The highest BCUT2D eigenvalue weighted by atomic mass is 15.2. The highest BCUT2D eigenvalue weighted by Crippen LogP contribution is 2.23. The molecule has 0 amide bonds. The van der Waals surface area contributed by atoms with Gasteiger partial charge in [0.2, 0.25) is 0 Å². The van der Waals surface area contributed by atoms with Crippen molar-refractivity contribution in [1.29, 1.82) is 0 Å². The molecule has 0 saturated carbocycles. The minimum Gasteiger partial charge on any atom is -0.365 e. The zero-order valence-corrected chi connectivity index (χ0v) is 12.9. The highest BCUT2D eigenvalue weighted by molar-refractivity contribution is 5.54. The van der Waals surface area contributed by atoms with E-state index in [0.717, 1.165) is 18.8 Å². The van der Waals surface area contributed by atoms with E-state index in [2.05, 4.69) is 55.5 Å². The monoisotopic (exact) mass is 261 g/mol. The fourth-order valence-electron chi connectivity index (χ4n) is 2.02. The van der Waals surface area contributed by atoms with Crippen LogP contribution in [0.25, 0.3) is 0 Å². The minimum atomic E-state index is 0.442. The lowest BCUT2D eigenvalue weighted by molar-refractivity contribution is 0.585. The van der Waals surface area contributed by atoms with Crippen molar-refractivity contribution in [3.63, 3.8) is 0 Å². The summed E-state index contributed by atoms with van der Waals surface area (Å²) < 4.78 is 0. The molecule has 0 spiro atoms. The molecular formula is C16H27N3. The third kappa shape index (κ3) is 4.67. The number of pyridine rings is 1. The summed E-state index contributed by atoms with van der Waals surface area (Å²) in [6, 6.07) is 3.08. The van der Waals surface area contributed by atoms with Gasteiger partial charge in [-0.1, -0.05) is 19.9 Å². The fraction of sp³-hybridized carbons (Fsp3) is 0.562. The van der Waals surface area contributed by atoms with E-state index in [9.17, 15) is 0 Å². The van der Waals surface area contributed by atoms with Gasteiger partial charge in [-0.15, -0.1) is 6.58 Å². The van der Waals surface area contributed by atoms with Crippen molar-refractivity contribution >= 4 is 5.69 Å². The topological polar surface area (TPSA) is 28.2 Å². The summed E-state index contributed by atoms with van der Waals surface area (Å²) in [6.45, 7) is 16.3. The van der Waals surface area contributed by atoms with E-state index >= 15 is 0 Å². The van der Waals surface area contributed by atoms with E-state index in [-0.39, 0.29) is 0 Å². The predicted molar refractivity (Wildman–Crippen MR) is 83.6 cm³/mol. The van der Waals surface area contributed by atoms with Crippen molar-refractivity contribution in [3.05, 3.63) is 36.2 Å². The molecule has 1 N–H and O–H groups in total. The lowest BCUT2D eigenvalue weighted by Gasteiger charge is -2.30. The van der Waals surface area contributed by atoms with E-state index in [1.807, 2.05) is 19.2 Å². The molecule has 1 heterocycles. The molecule has 1 rings (SSSR count). The molecule has 0 saturated heterocycles. The molecule has 0 aliphatic rings. The van der Waals surface area contributed by atoms with Crippen LogP contribution in [0.1, 0.15) is 39.0 Å². The molecule has 1 aromatic rings. The van der Waals surface area contributed by atoms with Crippen molar-refractivity contribution in [3.8, 4) is 0 Å². The second-order valence-corrected chi connectivity index (χ2v) is 5.52. The van der Waals surface area contributed by atoms with Crippen LogP contribution in [0.4, 0.5) is 5.69 Å². The number of nitrogens with one attached hydrogen (secondary N) is 1. The lowest BCUT2D eigenvalue weighted by Crippen LogP contribution is -2.33. The Morgan fingerprint density at radius 3 is 2.58 bits per heavy atom. The predicted octanol–water partition coefficient (Wildman–Crippen LogP) is 3.29. The first-order valence-electron chi connectivity index (χ1n) is 7.02. The van der Waals surface area contributed by atoms with Crippen molar-refractivity contribution < 1.29 is 0 Å². The van der Waals surface area contributed by atoms with Gasteiger partial charge in [0.25, 0.3) is 0 Å². The molecule has 1 aromatic heterocycles. The number of aryl methyl sites for hydroxylation is 1. The van der Waals surface area contributed by atoms with Crippen LogP contribution in [0.5, 0.6) is 0 Å². The molecule has 106 valence electrons. The number of anilines is 1. The average molecular weight is 261 g/mol. The zero-order valence-electron chi connectivity index (χ0n) is 12.9. The zero-order chi connectivity index (χ0) is 14.4. The van der Waals surface area contributed by atoms with Crippen molar-refractivity contribution in [2.45, 2.75) is 53.2 Å². The Morgan fingerprint density at radius 2 is 2.05 bits per heavy atom. The number of aromatic nitrogens is 1. The SMILES string of the molecule is C=CCN(c1cc(C)ncc1CNC(C)C)C(C)C. The molecular weight excluding hydrogens is 234 g/mol. The van der Waals surface area contributed by atoms with E-state index < -0.39 is 0 Å². The fourth-order valence-corrected chi connectivity index (χ4v) is 2.02. The standard InChI is InChI=1S/C16H27N3/c1-7-8-19(13(4)5)16-9-14(6)18-11-15(16)10-17-12(2)3/h7,9,11-13,17H,1,8,10H2,2-6H3. The Morgan fingerprint density at radius 1 is 1.37 bits per heavy atom. The van der Waals surface area contributed by atoms with Gasteiger partial charge >= 0.3 is 0 Å². The molecule has 0 aromatic carbocycles. The first-order valence-corrected chi connectivity index (χ1v) is 7.02. The Hall–Kier alpha value is -1.35. The molecule has 0 fully saturated rings. The summed E-state index contributed by atoms with van der Waals surface area (Å²) in [7, 11) is 0. The lowest BCUT2D eigenvalue weighted by atomic mass is 10.1. The Labute approximate surface area is 117 Å². The van der Waals surface area contributed by atoms with E-state index in [1.165, 1.54) is 11.3 Å². The second kappa shape index (κ2) is 7.29. The smallest absolute Gasteiger partial charge is 0.0450 e. The summed E-state index contributed by atoms with van der Waals surface area (Å²) in [5.74, 6) is 0. The van der Waals surface area contributed by atoms with Crippen molar-refractivity contribution in [2.75, 3.05) is 11.4 Å². The summed E-state index contributed by atoms with van der Waals surface area (Å²) in [6.07, 6.45) is 3.94. The maximum atomic E-state index is 4.43. The Bertz CT molecular complexity index is 410. The molecule has 0 atom stereocenters. The first-order chi connectivity index (χ1) is 8.95. The third-order valence-electron chi connectivity index (χ3n) is 3.06. The van der Waals surface area contributed by atoms with Gasteiger partial charge in [0.1, 0.15) is 0 Å². The van der Waals surface area contributed by atoms with Gasteiger partial charge in [0.15, 0.2) is 0 Å². The number of hydrogen-bond acceptors (Lipinski definition) is 3. The van der Waals surface area contributed by atoms with Crippen LogP contribution >= 0.6 is 0 Å². The van der Waals surface area contributed by atoms with E-state index in [4.69, 9.17) is 0 Å². The average Bonchev–Trinajstić information content (AvgIpc) is 2.33. The molecule has 3 heteroatoms. The normalized spacial score (nSPS) is 11.1. The number of rotatable bonds is 7. The van der Waals surface area contributed by atoms with Crippen LogP contribution in [0.2, 0.25) is 0 Å². The Balaban J connectivity index is 3.06. The third-order valence-corrected chi connectivity index (χ3v) is 3.06. The van der Waals surface area contributed by atoms with Crippen LogP contribution < -0.4 is 10.2 Å². The Kier molecular flexibility index (Phi) is 6.03.